The van der Waals surface area contributed by atoms with Crippen LogP contribution in [-0.4, -0.2) is 18.1 Å². The molecule has 2 aromatic carbocycles. The molecule has 0 amide bonds. The molecule has 1 heterocycles. The molecular weight excluding hydrogens is 380 g/mol. The Morgan fingerprint density at radius 1 is 1.21 bits per heavy atom. The molecule has 6 nitrogen and oxygen atoms in total. The lowest BCUT2D eigenvalue weighted by Gasteiger charge is -2.02. The molecule has 7 heteroatoms. The lowest BCUT2D eigenvalue weighted by Crippen LogP contribution is -2.07. The number of hydrogen-bond donors (Lipinski definition) is 0. The highest BCUT2D eigenvalue weighted by molar-refractivity contribution is 6.30. The van der Waals surface area contributed by atoms with E-state index >= 15 is 0 Å². The van der Waals surface area contributed by atoms with Crippen molar-refractivity contribution >= 4 is 23.6 Å². The average molecular weight is 395 g/mol. The lowest BCUT2D eigenvalue weighted by atomic mass is 10.1. The number of carbonyl (C=O) groups excluding carboxylic acids is 1. The van der Waals surface area contributed by atoms with Crippen molar-refractivity contribution in [3.8, 4) is 23.1 Å². The van der Waals surface area contributed by atoms with Gasteiger partial charge < -0.3 is 13.9 Å². The Balaban J connectivity index is 1.64. The second-order valence-corrected chi connectivity index (χ2v) is 6.08. The second kappa shape index (κ2) is 8.89. The van der Waals surface area contributed by atoms with Gasteiger partial charge >= 0.3 is 5.97 Å². The van der Waals surface area contributed by atoms with Gasteiger partial charge in [0.2, 0.25) is 5.89 Å². The van der Waals surface area contributed by atoms with E-state index in [0.717, 1.165) is 5.56 Å². The van der Waals surface area contributed by atoms with Gasteiger partial charge in [-0.05, 0) is 48.0 Å². The number of hydrogen-bond acceptors (Lipinski definition) is 6. The van der Waals surface area contributed by atoms with Crippen LogP contribution < -0.4 is 4.74 Å². The van der Waals surface area contributed by atoms with Crippen molar-refractivity contribution in [3.05, 3.63) is 76.8 Å². The number of ether oxygens (including phenoxy) is 2. The zero-order chi connectivity index (χ0) is 19.9. The smallest absolute Gasteiger partial charge is 0.349 e. The zero-order valence-electron chi connectivity index (χ0n) is 14.9. The van der Waals surface area contributed by atoms with E-state index in [-0.39, 0.29) is 18.1 Å². The third-order valence-electron chi connectivity index (χ3n) is 3.78. The van der Waals surface area contributed by atoms with Crippen LogP contribution in [0.5, 0.6) is 5.75 Å². The molecular formula is C21H15ClN2O4. The van der Waals surface area contributed by atoms with E-state index < -0.39 is 5.97 Å². The predicted octanol–water partition coefficient (Wildman–Crippen LogP) is 4.65. The van der Waals surface area contributed by atoms with Crippen LogP contribution in [-0.2, 0) is 16.1 Å². The van der Waals surface area contributed by atoms with Gasteiger partial charge in [0.15, 0.2) is 12.4 Å². The fraction of sp³-hybridized carbons (Fsp3) is 0.0952. The largest absolute Gasteiger partial charge is 0.497 e. The highest BCUT2D eigenvalue weighted by Gasteiger charge is 2.14. The van der Waals surface area contributed by atoms with Crippen molar-refractivity contribution in [2.24, 2.45) is 0 Å². The Labute approximate surface area is 166 Å². The number of methoxy groups -OCH3 is 1. The molecule has 0 fully saturated rings. The number of esters is 1. The standard InChI is InChI=1S/C21H15ClN2O4/c1-26-18-8-2-14(3-9-18)10-16(11-23)21(25)27-13-20-24-12-19(28-20)15-4-6-17(22)7-5-15/h2-10,12H,13H2,1H3/b16-10+. The molecule has 0 saturated carbocycles. The maximum absolute atomic E-state index is 12.2. The van der Waals surface area contributed by atoms with E-state index in [2.05, 4.69) is 4.98 Å². The molecule has 140 valence electrons. The number of halogens is 1. The second-order valence-electron chi connectivity index (χ2n) is 5.64. The molecule has 0 aliphatic rings. The van der Waals surface area contributed by atoms with E-state index in [9.17, 15) is 10.1 Å². The van der Waals surface area contributed by atoms with Gasteiger partial charge in [-0.3, -0.25) is 0 Å². The highest BCUT2D eigenvalue weighted by Crippen LogP contribution is 2.22. The van der Waals surface area contributed by atoms with Crippen LogP contribution in [0.3, 0.4) is 0 Å². The summed E-state index contributed by atoms with van der Waals surface area (Å²) in [6, 6.07) is 15.8. The summed E-state index contributed by atoms with van der Waals surface area (Å²) in [4.78, 5) is 16.2. The van der Waals surface area contributed by atoms with E-state index in [0.29, 0.717) is 22.1 Å². The molecule has 0 aliphatic carbocycles. The first-order valence-electron chi connectivity index (χ1n) is 8.22. The van der Waals surface area contributed by atoms with Crippen LogP contribution in [0.4, 0.5) is 0 Å². The predicted molar refractivity (Wildman–Crippen MR) is 103 cm³/mol. The fourth-order valence-corrected chi connectivity index (χ4v) is 2.46. The van der Waals surface area contributed by atoms with E-state index in [4.69, 9.17) is 25.5 Å². The van der Waals surface area contributed by atoms with Gasteiger partial charge in [-0.25, -0.2) is 9.78 Å². The fourth-order valence-electron chi connectivity index (χ4n) is 2.33. The quantitative estimate of drug-likeness (QED) is 0.343. The lowest BCUT2D eigenvalue weighted by molar-refractivity contribution is -0.140. The summed E-state index contributed by atoms with van der Waals surface area (Å²) >= 11 is 5.86. The van der Waals surface area contributed by atoms with Crippen molar-refractivity contribution in [2.75, 3.05) is 7.11 Å². The first kappa shape index (κ1) is 19.2. The number of aromatic nitrogens is 1. The molecule has 0 unspecified atom stereocenters. The number of oxazole rings is 1. The normalized spacial score (nSPS) is 11.0. The minimum Gasteiger partial charge on any atom is -0.497 e. The Morgan fingerprint density at radius 2 is 1.93 bits per heavy atom. The number of benzene rings is 2. The first-order valence-corrected chi connectivity index (χ1v) is 8.60. The molecule has 28 heavy (non-hydrogen) atoms. The third-order valence-corrected chi connectivity index (χ3v) is 4.03. The molecule has 1 aromatic heterocycles. The molecule has 0 spiro atoms. The van der Waals surface area contributed by atoms with Crippen molar-refractivity contribution < 1.29 is 18.7 Å². The molecule has 0 N–H and O–H groups in total. The molecule has 0 radical (unpaired) electrons. The van der Waals surface area contributed by atoms with Crippen molar-refractivity contribution in [2.45, 2.75) is 6.61 Å². The van der Waals surface area contributed by atoms with Crippen LogP contribution in [0.1, 0.15) is 11.5 Å². The van der Waals surface area contributed by atoms with Crippen molar-refractivity contribution in [3.63, 3.8) is 0 Å². The van der Waals surface area contributed by atoms with Crippen molar-refractivity contribution in [1.29, 1.82) is 5.26 Å². The van der Waals surface area contributed by atoms with Crippen LogP contribution in [0.2, 0.25) is 5.02 Å². The van der Waals surface area contributed by atoms with Crippen LogP contribution >= 0.6 is 11.6 Å². The molecule has 0 atom stereocenters. The minimum atomic E-state index is -0.760. The maximum atomic E-state index is 12.2. The van der Waals surface area contributed by atoms with Gasteiger partial charge in [0, 0.05) is 10.6 Å². The van der Waals surface area contributed by atoms with Crippen LogP contribution in [0.15, 0.2) is 64.7 Å². The number of nitriles is 1. The number of nitrogens with zero attached hydrogens (tertiary/aromatic N) is 2. The van der Waals surface area contributed by atoms with Gasteiger partial charge in [-0.15, -0.1) is 0 Å². The van der Waals surface area contributed by atoms with Crippen LogP contribution in [0, 0.1) is 11.3 Å². The summed E-state index contributed by atoms with van der Waals surface area (Å²) in [6.45, 7) is -0.186. The minimum absolute atomic E-state index is 0.130. The monoisotopic (exact) mass is 394 g/mol. The van der Waals surface area contributed by atoms with E-state index in [1.165, 1.54) is 12.3 Å². The van der Waals surface area contributed by atoms with Gasteiger partial charge in [0.1, 0.15) is 17.4 Å². The summed E-state index contributed by atoms with van der Waals surface area (Å²) < 4.78 is 15.8. The Kier molecular flexibility index (Phi) is 6.10. The molecule has 3 aromatic rings. The molecule has 3 rings (SSSR count). The van der Waals surface area contributed by atoms with E-state index in [1.807, 2.05) is 6.07 Å². The molecule has 0 saturated heterocycles. The summed E-state index contributed by atoms with van der Waals surface area (Å²) in [5.41, 5.74) is 1.34. The Bertz CT molecular complexity index is 1030. The van der Waals surface area contributed by atoms with Gasteiger partial charge in [-0.2, -0.15) is 5.26 Å². The number of rotatable bonds is 6. The van der Waals surface area contributed by atoms with Gasteiger partial charge in [0.25, 0.3) is 0 Å². The van der Waals surface area contributed by atoms with E-state index in [1.54, 1.807) is 55.6 Å². The van der Waals surface area contributed by atoms with Gasteiger partial charge in [-0.1, -0.05) is 23.7 Å². The highest BCUT2D eigenvalue weighted by atomic mass is 35.5. The first-order chi connectivity index (χ1) is 13.6. The third kappa shape index (κ3) is 4.78. The summed E-state index contributed by atoms with van der Waals surface area (Å²) in [6.07, 6.45) is 2.97. The van der Waals surface area contributed by atoms with Gasteiger partial charge in [0.05, 0.1) is 13.3 Å². The topological polar surface area (TPSA) is 85.3 Å². The Morgan fingerprint density at radius 3 is 2.57 bits per heavy atom. The molecule has 0 bridgehead atoms. The van der Waals surface area contributed by atoms with Crippen molar-refractivity contribution in [1.82, 2.24) is 4.98 Å². The number of carbonyl (C=O) groups is 1. The Hall–Kier alpha value is -3.56. The summed E-state index contributed by atoms with van der Waals surface area (Å²) in [5.74, 6) is 0.667. The SMILES string of the molecule is COc1ccc(/C=C(\C#N)C(=O)OCc2ncc(-c3ccc(Cl)cc3)o2)cc1. The summed E-state index contributed by atoms with van der Waals surface area (Å²) in [7, 11) is 1.56. The average Bonchev–Trinajstić information content (AvgIpc) is 3.20. The summed E-state index contributed by atoms with van der Waals surface area (Å²) in [5, 5.41) is 9.85. The van der Waals surface area contributed by atoms with Crippen LogP contribution in [0.25, 0.3) is 17.4 Å². The zero-order valence-corrected chi connectivity index (χ0v) is 15.6. The maximum Gasteiger partial charge on any atom is 0.349 e. The molecule has 0 aliphatic heterocycles.